The van der Waals surface area contributed by atoms with Crippen LogP contribution in [0.1, 0.15) is 25.5 Å². The van der Waals surface area contributed by atoms with Gasteiger partial charge >= 0.3 is 0 Å². The molecular formula is C13H21NO2. The summed E-state index contributed by atoms with van der Waals surface area (Å²) in [7, 11) is 3.40. The molecule has 3 nitrogen and oxygen atoms in total. The molecule has 2 unspecified atom stereocenters. The molecule has 3 heteroatoms. The number of rotatable bonds is 6. The monoisotopic (exact) mass is 223 g/mol. The lowest BCUT2D eigenvalue weighted by atomic mass is 10.1. The second kappa shape index (κ2) is 6.51. The van der Waals surface area contributed by atoms with Crippen molar-refractivity contribution in [1.29, 1.82) is 0 Å². The Morgan fingerprint density at radius 1 is 1.25 bits per heavy atom. The van der Waals surface area contributed by atoms with Crippen LogP contribution in [0.2, 0.25) is 0 Å². The maximum atomic E-state index is 5.21. The fraction of sp³-hybridized carbons (Fsp3) is 0.538. The van der Waals surface area contributed by atoms with Crippen molar-refractivity contribution in [3.63, 3.8) is 0 Å². The summed E-state index contributed by atoms with van der Waals surface area (Å²) >= 11 is 0. The Bertz CT molecular complexity index is 315. The van der Waals surface area contributed by atoms with Gasteiger partial charge in [0.05, 0.1) is 13.7 Å². The average molecular weight is 223 g/mol. The lowest BCUT2D eigenvalue weighted by Crippen LogP contribution is -2.32. The minimum Gasteiger partial charge on any atom is -0.497 e. The minimum absolute atomic E-state index is 0.292. The predicted octanol–water partition coefficient (Wildman–Crippen LogP) is 2.38. The molecule has 0 amide bonds. The second-order valence-corrected chi connectivity index (χ2v) is 4.02. The maximum Gasteiger partial charge on any atom is 0.119 e. The normalized spacial score (nSPS) is 14.5. The van der Waals surface area contributed by atoms with Gasteiger partial charge in [-0.2, -0.15) is 0 Å². The van der Waals surface area contributed by atoms with Crippen LogP contribution >= 0.6 is 0 Å². The van der Waals surface area contributed by atoms with E-state index in [9.17, 15) is 0 Å². The molecule has 0 saturated carbocycles. The first-order valence-corrected chi connectivity index (χ1v) is 5.56. The highest BCUT2D eigenvalue weighted by molar-refractivity contribution is 5.30. The molecule has 0 aliphatic rings. The highest BCUT2D eigenvalue weighted by Crippen LogP contribution is 2.18. The molecule has 0 radical (unpaired) electrons. The molecule has 0 spiro atoms. The SMILES string of the molecule is COCC(C)NC(C)c1cccc(OC)c1. The second-order valence-electron chi connectivity index (χ2n) is 4.02. The fourth-order valence-corrected chi connectivity index (χ4v) is 1.73. The number of ether oxygens (including phenoxy) is 2. The summed E-state index contributed by atoms with van der Waals surface area (Å²) in [4.78, 5) is 0. The number of hydrogen-bond donors (Lipinski definition) is 1. The van der Waals surface area contributed by atoms with Gasteiger partial charge in [0.15, 0.2) is 0 Å². The van der Waals surface area contributed by atoms with Crippen LogP contribution < -0.4 is 10.1 Å². The molecule has 1 rings (SSSR count). The van der Waals surface area contributed by atoms with Crippen molar-refractivity contribution in [3.8, 4) is 5.75 Å². The first-order valence-electron chi connectivity index (χ1n) is 5.56. The Hall–Kier alpha value is -1.06. The van der Waals surface area contributed by atoms with E-state index in [1.165, 1.54) is 5.56 Å². The third-order valence-electron chi connectivity index (χ3n) is 2.54. The van der Waals surface area contributed by atoms with E-state index >= 15 is 0 Å². The van der Waals surface area contributed by atoms with Crippen molar-refractivity contribution in [2.75, 3.05) is 20.8 Å². The Morgan fingerprint density at radius 2 is 2.00 bits per heavy atom. The number of benzene rings is 1. The fourth-order valence-electron chi connectivity index (χ4n) is 1.73. The van der Waals surface area contributed by atoms with E-state index in [0.717, 1.165) is 5.75 Å². The topological polar surface area (TPSA) is 30.5 Å². The summed E-state index contributed by atoms with van der Waals surface area (Å²) in [6, 6.07) is 8.74. The van der Waals surface area contributed by atoms with Gasteiger partial charge in [0.1, 0.15) is 5.75 Å². The minimum atomic E-state index is 0.292. The van der Waals surface area contributed by atoms with E-state index in [-0.39, 0.29) is 0 Å². The molecule has 0 saturated heterocycles. The van der Waals surface area contributed by atoms with Crippen LogP contribution in [-0.4, -0.2) is 26.9 Å². The molecule has 1 aromatic carbocycles. The molecule has 0 bridgehead atoms. The maximum absolute atomic E-state index is 5.21. The summed E-state index contributed by atoms with van der Waals surface area (Å²) < 4.78 is 10.3. The smallest absolute Gasteiger partial charge is 0.119 e. The number of hydrogen-bond acceptors (Lipinski definition) is 3. The summed E-state index contributed by atoms with van der Waals surface area (Å²) in [6.07, 6.45) is 0. The third kappa shape index (κ3) is 3.83. The molecule has 1 N–H and O–H groups in total. The van der Waals surface area contributed by atoms with Crippen LogP contribution in [0, 0.1) is 0 Å². The standard InChI is InChI=1S/C13H21NO2/c1-10(9-15-3)14-11(2)12-6-5-7-13(8-12)16-4/h5-8,10-11,14H,9H2,1-4H3. The van der Waals surface area contributed by atoms with Crippen LogP contribution in [0.25, 0.3) is 0 Å². The van der Waals surface area contributed by atoms with Crippen LogP contribution in [0.15, 0.2) is 24.3 Å². The molecule has 0 aliphatic carbocycles. The highest BCUT2D eigenvalue weighted by Gasteiger charge is 2.09. The summed E-state index contributed by atoms with van der Waals surface area (Å²) in [5, 5.41) is 3.47. The lowest BCUT2D eigenvalue weighted by molar-refractivity contribution is 0.167. The first-order chi connectivity index (χ1) is 7.67. The van der Waals surface area contributed by atoms with Crippen molar-refractivity contribution < 1.29 is 9.47 Å². The van der Waals surface area contributed by atoms with E-state index in [2.05, 4.69) is 31.3 Å². The zero-order valence-electron chi connectivity index (χ0n) is 10.5. The van der Waals surface area contributed by atoms with E-state index in [1.807, 2.05) is 12.1 Å². The zero-order chi connectivity index (χ0) is 12.0. The van der Waals surface area contributed by atoms with E-state index in [1.54, 1.807) is 14.2 Å². The quantitative estimate of drug-likeness (QED) is 0.803. The van der Waals surface area contributed by atoms with Crippen molar-refractivity contribution in [1.82, 2.24) is 5.32 Å². The van der Waals surface area contributed by atoms with Crippen molar-refractivity contribution >= 4 is 0 Å². The summed E-state index contributed by atoms with van der Waals surface area (Å²) in [5.74, 6) is 0.894. The molecule has 2 atom stereocenters. The number of nitrogens with one attached hydrogen (secondary N) is 1. The van der Waals surface area contributed by atoms with Crippen LogP contribution in [0.5, 0.6) is 5.75 Å². The highest BCUT2D eigenvalue weighted by atomic mass is 16.5. The Labute approximate surface area is 97.8 Å². The van der Waals surface area contributed by atoms with Crippen LogP contribution in [-0.2, 0) is 4.74 Å². The molecule has 0 fully saturated rings. The van der Waals surface area contributed by atoms with Gasteiger partial charge < -0.3 is 14.8 Å². The van der Waals surface area contributed by atoms with Crippen LogP contribution in [0.3, 0.4) is 0 Å². The Balaban J connectivity index is 2.61. The van der Waals surface area contributed by atoms with Gasteiger partial charge in [-0.3, -0.25) is 0 Å². The van der Waals surface area contributed by atoms with Gasteiger partial charge in [-0.1, -0.05) is 12.1 Å². The molecular weight excluding hydrogens is 202 g/mol. The van der Waals surface area contributed by atoms with Gasteiger partial charge in [-0.05, 0) is 31.5 Å². The van der Waals surface area contributed by atoms with Crippen molar-refractivity contribution in [3.05, 3.63) is 29.8 Å². The van der Waals surface area contributed by atoms with Crippen LogP contribution in [0.4, 0.5) is 0 Å². The van der Waals surface area contributed by atoms with Gasteiger partial charge in [-0.25, -0.2) is 0 Å². The predicted molar refractivity (Wildman–Crippen MR) is 65.9 cm³/mol. The molecule has 0 heterocycles. The first kappa shape index (κ1) is 13.0. The summed E-state index contributed by atoms with van der Waals surface area (Å²) in [5.41, 5.74) is 1.22. The van der Waals surface area contributed by atoms with E-state index in [4.69, 9.17) is 9.47 Å². The van der Waals surface area contributed by atoms with Gasteiger partial charge in [0.2, 0.25) is 0 Å². The molecule has 16 heavy (non-hydrogen) atoms. The Morgan fingerprint density at radius 3 is 2.62 bits per heavy atom. The number of methoxy groups -OCH3 is 2. The van der Waals surface area contributed by atoms with Gasteiger partial charge in [-0.15, -0.1) is 0 Å². The van der Waals surface area contributed by atoms with Gasteiger partial charge in [0.25, 0.3) is 0 Å². The lowest BCUT2D eigenvalue weighted by Gasteiger charge is -2.20. The average Bonchev–Trinajstić information content (AvgIpc) is 2.29. The molecule has 1 aromatic rings. The zero-order valence-corrected chi connectivity index (χ0v) is 10.5. The third-order valence-corrected chi connectivity index (χ3v) is 2.54. The molecule has 0 aromatic heterocycles. The Kier molecular flexibility index (Phi) is 5.29. The van der Waals surface area contributed by atoms with Gasteiger partial charge in [0, 0.05) is 19.2 Å². The van der Waals surface area contributed by atoms with Crippen molar-refractivity contribution in [2.45, 2.75) is 25.9 Å². The van der Waals surface area contributed by atoms with E-state index in [0.29, 0.717) is 18.7 Å². The largest absolute Gasteiger partial charge is 0.497 e. The summed E-state index contributed by atoms with van der Waals surface area (Å²) in [6.45, 7) is 4.97. The molecule has 0 aliphatic heterocycles. The van der Waals surface area contributed by atoms with E-state index < -0.39 is 0 Å². The molecule has 90 valence electrons. The van der Waals surface area contributed by atoms with Crippen molar-refractivity contribution in [2.24, 2.45) is 0 Å².